The van der Waals surface area contributed by atoms with E-state index in [2.05, 4.69) is 5.32 Å². The maximum Gasteiger partial charge on any atom is 0.244 e. The third-order valence-electron chi connectivity index (χ3n) is 3.84. The summed E-state index contributed by atoms with van der Waals surface area (Å²) in [7, 11) is 0. The zero-order chi connectivity index (χ0) is 13.2. The monoisotopic (exact) mass is 275 g/mol. The summed E-state index contributed by atoms with van der Waals surface area (Å²) >= 11 is 5.91. The van der Waals surface area contributed by atoms with Gasteiger partial charge in [0, 0.05) is 17.1 Å². The molecule has 3 rings (SSSR count). The number of carbonyl (C=O) groups excluding carboxylic acids is 1. The van der Waals surface area contributed by atoms with Crippen molar-refractivity contribution >= 4 is 23.6 Å². The Morgan fingerprint density at radius 2 is 1.95 bits per heavy atom. The largest absolute Gasteiger partial charge is 0.349 e. The number of nitrogens with one attached hydrogen (secondary N) is 1. The van der Waals surface area contributed by atoms with Crippen molar-refractivity contribution in [1.29, 1.82) is 0 Å². The molecule has 0 heterocycles. The second-order valence-corrected chi connectivity index (χ2v) is 6.03. The second-order valence-electron chi connectivity index (χ2n) is 5.60. The van der Waals surface area contributed by atoms with Gasteiger partial charge in [0.25, 0.3) is 0 Å². The van der Waals surface area contributed by atoms with Gasteiger partial charge >= 0.3 is 0 Å². The fraction of sp³-hybridized carbons (Fsp3) is 0.438. The normalized spacial score (nSPS) is 19.1. The molecule has 0 bridgehead atoms. The topological polar surface area (TPSA) is 29.1 Å². The van der Waals surface area contributed by atoms with Gasteiger partial charge in [-0.25, -0.2) is 0 Å². The molecule has 1 aromatic carbocycles. The third kappa shape index (κ3) is 3.60. The lowest BCUT2D eigenvalue weighted by atomic mass is 10.1. The first-order valence-corrected chi connectivity index (χ1v) is 7.34. The molecule has 100 valence electrons. The minimum Gasteiger partial charge on any atom is -0.349 e. The van der Waals surface area contributed by atoms with Crippen LogP contribution in [0.2, 0.25) is 5.02 Å². The van der Waals surface area contributed by atoms with Gasteiger partial charge in [-0.2, -0.15) is 0 Å². The number of hydrogen-bond acceptors (Lipinski definition) is 1. The van der Waals surface area contributed by atoms with E-state index in [1.807, 2.05) is 30.3 Å². The number of carbonyl (C=O) groups is 1. The Morgan fingerprint density at radius 3 is 2.53 bits per heavy atom. The van der Waals surface area contributed by atoms with Gasteiger partial charge in [-0.3, -0.25) is 4.79 Å². The van der Waals surface area contributed by atoms with E-state index < -0.39 is 0 Å². The van der Waals surface area contributed by atoms with Gasteiger partial charge in [-0.1, -0.05) is 23.7 Å². The molecule has 0 radical (unpaired) electrons. The zero-order valence-corrected chi connectivity index (χ0v) is 11.6. The van der Waals surface area contributed by atoms with Crippen LogP contribution in [0.4, 0.5) is 0 Å². The van der Waals surface area contributed by atoms with Gasteiger partial charge in [0.15, 0.2) is 0 Å². The molecule has 2 nitrogen and oxygen atoms in total. The molecule has 3 heteroatoms. The van der Waals surface area contributed by atoms with Crippen molar-refractivity contribution < 1.29 is 4.79 Å². The number of hydrogen-bond donors (Lipinski definition) is 1. The first kappa shape index (κ1) is 12.7. The van der Waals surface area contributed by atoms with E-state index in [9.17, 15) is 4.79 Å². The van der Waals surface area contributed by atoms with E-state index in [1.54, 1.807) is 6.08 Å². The fourth-order valence-corrected chi connectivity index (χ4v) is 2.72. The molecule has 2 saturated carbocycles. The molecule has 0 aliphatic heterocycles. The van der Waals surface area contributed by atoms with Crippen LogP contribution in [0.25, 0.3) is 6.08 Å². The lowest BCUT2D eigenvalue weighted by molar-refractivity contribution is -0.117. The highest BCUT2D eigenvalue weighted by atomic mass is 35.5. The van der Waals surface area contributed by atoms with E-state index in [0.29, 0.717) is 11.1 Å². The molecule has 0 aromatic heterocycles. The van der Waals surface area contributed by atoms with Crippen molar-refractivity contribution in [2.24, 2.45) is 11.8 Å². The van der Waals surface area contributed by atoms with Crippen molar-refractivity contribution in [3.05, 3.63) is 40.9 Å². The van der Waals surface area contributed by atoms with Crippen LogP contribution in [0.3, 0.4) is 0 Å². The second kappa shape index (κ2) is 5.38. The van der Waals surface area contributed by atoms with Crippen molar-refractivity contribution in [2.45, 2.75) is 31.7 Å². The summed E-state index contributed by atoms with van der Waals surface area (Å²) in [5.41, 5.74) is 0.956. The van der Waals surface area contributed by atoms with Gasteiger partial charge in [-0.05, 0) is 61.3 Å². The van der Waals surface area contributed by atoms with Crippen LogP contribution in [-0.4, -0.2) is 11.9 Å². The molecule has 19 heavy (non-hydrogen) atoms. The summed E-state index contributed by atoms with van der Waals surface area (Å²) in [6.07, 6.45) is 8.54. The quantitative estimate of drug-likeness (QED) is 0.817. The van der Waals surface area contributed by atoms with Crippen LogP contribution in [0.15, 0.2) is 30.3 Å². The summed E-state index contributed by atoms with van der Waals surface area (Å²) in [4.78, 5) is 11.9. The summed E-state index contributed by atoms with van der Waals surface area (Å²) < 4.78 is 0. The van der Waals surface area contributed by atoms with Gasteiger partial charge in [0.2, 0.25) is 5.91 Å². The van der Waals surface area contributed by atoms with Crippen LogP contribution in [0.5, 0.6) is 0 Å². The standard InChI is InChI=1S/C16H18ClNO/c17-14-3-1-2-11(10-14)4-9-15(19)18-16(12-5-6-12)13-7-8-13/h1-4,9-10,12-13,16H,5-8H2,(H,18,19)/b9-4+. The third-order valence-corrected chi connectivity index (χ3v) is 4.08. The molecule has 1 amide bonds. The molecule has 2 fully saturated rings. The first-order valence-electron chi connectivity index (χ1n) is 6.96. The number of amides is 1. The fourth-order valence-electron chi connectivity index (χ4n) is 2.53. The van der Waals surface area contributed by atoms with Crippen LogP contribution in [0, 0.1) is 11.8 Å². The van der Waals surface area contributed by atoms with E-state index in [4.69, 9.17) is 11.6 Å². The van der Waals surface area contributed by atoms with Crippen molar-refractivity contribution in [1.82, 2.24) is 5.32 Å². The Balaban J connectivity index is 1.58. The van der Waals surface area contributed by atoms with E-state index in [1.165, 1.54) is 25.7 Å². The van der Waals surface area contributed by atoms with E-state index >= 15 is 0 Å². The molecular weight excluding hydrogens is 258 g/mol. The smallest absolute Gasteiger partial charge is 0.244 e. The molecule has 2 aliphatic rings. The molecule has 1 aromatic rings. The number of rotatable bonds is 5. The van der Waals surface area contributed by atoms with Gasteiger partial charge < -0.3 is 5.32 Å². The molecule has 2 aliphatic carbocycles. The molecule has 0 atom stereocenters. The summed E-state index contributed by atoms with van der Waals surface area (Å²) in [5.74, 6) is 1.48. The Kier molecular flexibility index (Phi) is 3.61. The maximum atomic E-state index is 11.9. The molecule has 0 spiro atoms. The van der Waals surface area contributed by atoms with E-state index in [-0.39, 0.29) is 5.91 Å². The predicted octanol–water partition coefficient (Wildman–Crippen LogP) is 3.66. The SMILES string of the molecule is O=C(/C=C/c1cccc(Cl)c1)NC(C1CC1)C1CC1. The van der Waals surface area contributed by atoms with Crippen molar-refractivity contribution in [3.63, 3.8) is 0 Å². The minimum absolute atomic E-state index is 0.0174. The van der Waals surface area contributed by atoms with Gasteiger partial charge in [0.05, 0.1) is 0 Å². The lowest BCUT2D eigenvalue weighted by Crippen LogP contribution is -2.37. The van der Waals surface area contributed by atoms with E-state index in [0.717, 1.165) is 17.4 Å². The molecule has 0 unspecified atom stereocenters. The average Bonchev–Trinajstić information content (AvgIpc) is 3.27. The zero-order valence-electron chi connectivity index (χ0n) is 10.8. The minimum atomic E-state index is 0.0174. The van der Waals surface area contributed by atoms with Crippen LogP contribution in [0.1, 0.15) is 31.2 Å². The average molecular weight is 276 g/mol. The highest BCUT2D eigenvalue weighted by molar-refractivity contribution is 6.30. The summed E-state index contributed by atoms with van der Waals surface area (Å²) in [6, 6.07) is 7.92. The van der Waals surface area contributed by atoms with Gasteiger partial charge in [-0.15, -0.1) is 0 Å². The van der Waals surface area contributed by atoms with Crippen LogP contribution in [-0.2, 0) is 4.79 Å². The molecule has 1 N–H and O–H groups in total. The Bertz CT molecular complexity index is 491. The van der Waals surface area contributed by atoms with Crippen molar-refractivity contribution in [2.75, 3.05) is 0 Å². The first-order chi connectivity index (χ1) is 9.22. The summed E-state index contributed by atoms with van der Waals surface area (Å²) in [6.45, 7) is 0. The Morgan fingerprint density at radius 1 is 1.26 bits per heavy atom. The number of benzene rings is 1. The highest BCUT2D eigenvalue weighted by Gasteiger charge is 2.41. The van der Waals surface area contributed by atoms with Crippen LogP contribution < -0.4 is 5.32 Å². The molecule has 0 saturated heterocycles. The predicted molar refractivity (Wildman–Crippen MR) is 77.9 cm³/mol. The Hall–Kier alpha value is -1.28. The summed E-state index contributed by atoms with van der Waals surface area (Å²) in [5, 5.41) is 3.86. The highest BCUT2D eigenvalue weighted by Crippen LogP contribution is 2.44. The lowest BCUT2D eigenvalue weighted by Gasteiger charge is -2.16. The maximum absolute atomic E-state index is 11.9. The van der Waals surface area contributed by atoms with Crippen molar-refractivity contribution in [3.8, 4) is 0 Å². The number of halogens is 1. The molecular formula is C16H18ClNO. The van der Waals surface area contributed by atoms with Gasteiger partial charge in [0.1, 0.15) is 0 Å². The Labute approximate surface area is 118 Å². The van der Waals surface area contributed by atoms with Crippen LogP contribution >= 0.6 is 11.6 Å².